The molecule has 0 saturated carbocycles. The number of ether oxygens (including phenoxy) is 1. The Hall–Kier alpha value is -1.37. The van der Waals surface area contributed by atoms with Crippen molar-refractivity contribution in [2.24, 2.45) is 5.92 Å². The fourth-order valence-electron chi connectivity index (χ4n) is 3.52. The van der Waals surface area contributed by atoms with E-state index in [1.54, 1.807) is 6.26 Å². The van der Waals surface area contributed by atoms with E-state index in [0.717, 1.165) is 84.0 Å². The maximum Gasteiger partial charge on any atom is 0.224 e. The Bertz CT molecular complexity index is 486. The highest BCUT2D eigenvalue weighted by molar-refractivity contribution is 5.78. The van der Waals surface area contributed by atoms with E-state index < -0.39 is 0 Å². The highest BCUT2D eigenvalue weighted by Crippen LogP contribution is 2.19. The van der Waals surface area contributed by atoms with Gasteiger partial charge < -0.3 is 14.5 Å². The van der Waals surface area contributed by atoms with E-state index in [-0.39, 0.29) is 11.8 Å². The van der Waals surface area contributed by atoms with E-state index in [0.29, 0.717) is 0 Å². The van der Waals surface area contributed by atoms with Gasteiger partial charge in [0, 0.05) is 26.2 Å². The molecule has 1 N–H and O–H groups in total. The van der Waals surface area contributed by atoms with Crippen LogP contribution < -0.4 is 5.32 Å². The second kappa shape index (κ2) is 9.20. The number of rotatable bonds is 7. The Kier molecular flexibility index (Phi) is 6.69. The maximum absolute atomic E-state index is 12.4. The van der Waals surface area contributed by atoms with Crippen molar-refractivity contribution in [2.45, 2.75) is 25.8 Å². The van der Waals surface area contributed by atoms with Crippen LogP contribution in [-0.2, 0) is 16.1 Å². The summed E-state index contributed by atoms with van der Waals surface area (Å²) in [6, 6.07) is 3.91. The summed E-state index contributed by atoms with van der Waals surface area (Å²) in [6.07, 6.45) is 4.78. The molecule has 1 aromatic heterocycles. The molecule has 3 heterocycles. The number of hydrogen-bond acceptors (Lipinski definition) is 5. The molecule has 24 heavy (non-hydrogen) atoms. The van der Waals surface area contributed by atoms with Crippen LogP contribution in [0.25, 0.3) is 0 Å². The highest BCUT2D eigenvalue weighted by atomic mass is 16.5. The molecule has 6 heteroatoms. The zero-order valence-electron chi connectivity index (χ0n) is 14.4. The average molecular weight is 335 g/mol. The summed E-state index contributed by atoms with van der Waals surface area (Å²) >= 11 is 0. The lowest BCUT2D eigenvalue weighted by molar-refractivity contribution is -0.126. The van der Waals surface area contributed by atoms with Gasteiger partial charge in [0.25, 0.3) is 0 Å². The summed E-state index contributed by atoms with van der Waals surface area (Å²) in [4.78, 5) is 17.1. The highest BCUT2D eigenvalue weighted by Gasteiger charge is 2.25. The van der Waals surface area contributed by atoms with Crippen molar-refractivity contribution in [1.82, 2.24) is 15.1 Å². The predicted molar refractivity (Wildman–Crippen MR) is 91.6 cm³/mol. The van der Waals surface area contributed by atoms with Crippen LogP contribution in [0.15, 0.2) is 22.8 Å². The molecule has 0 radical (unpaired) electrons. The SMILES string of the molecule is O=C(NCCCN1CCOCC1)[C@@H]1CCCN(Cc2ccco2)C1. The van der Waals surface area contributed by atoms with Crippen LogP contribution in [0.2, 0.25) is 0 Å². The number of carbonyl (C=O) groups is 1. The Morgan fingerprint density at radius 3 is 2.92 bits per heavy atom. The number of nitrogens with zero attached hydrogens (tertiary/aromatic N) is 2. The Morgan fingerprint density at radius 1 is 1.25 bits per heavy atom. The van der Waals surface area contributed by atoms with Crippen LogP contribution in [0.1, 0.15) is 25.0 Å². The summed E-state index contributed by atoms with van der Waals surface area (Å²) in [6.45, 7) is 8.17. The standard InChI is InChI=1S/C18H29N3O3/c22-18(19-6-3-8-20-9-12-23-13-10-20)16-4-1-7-21(14-16)15-17-5-2-11-24-17/h2,5,11,16H,1,3-4,6-10,12-15H2,(H,19,22)/t16-/m1/s1. The molecular weight excluding hydrogens is 306 g/mol. The molecule has 6 nitrogen and oxygen atoms in total. The molecule has 2 aliphatic rings. The van der Waals surface area contributed by atoms with Crippen molar-refractivity contribution in [3.8, 4) is 0 Å². The first-order valence-corrected chi connectivity index (χ1v) is 9.14. The van der Waals surface area contributed by atoms with Crippen molar-refractivity contribution in [1.29, 1.82) is 0 Å². The Balaban J connectivity index is 1.33. The third-order valence-corrected chi connectivity index (χ3v) is 4.89. The van der Waals surface area contributed by atoms with Gasteiger partial charge in [0.15, 0.2) is 0 Å². The molecule has 0 bridgehead atoms. The van der Waals surface area contributed by atoms with Crippen LogP contribution >= 0.6 is 0 Å². The summed E-state index contributed by atoms with van der Waals surface area (Å²) in [7, 11) is 0. The van der Waals surface area contributed by atoms with Crippen molar-refractivity contribution >= 4 is 5.91 Å². The van der Waals surface area contributed by atoms with Crippen LogP contribution in [0.3, 0.4) is 0 Å². The summed E-state index contributed by atoms with van der Waals surface area (Å²) in [5, 5.41) is 3.12. The minimum absolute atomic E-state index is 0.108. The molecule has 1 aromatic rings. The van der Waals surface area contributed by atoms with E-state index in [2.05, 4.69) is 15.1 Å². The number of carbonyl (C=O) groups excluding carboxylic acids is 1. The van der Waals surface area contributed by atoms with Crippen LogP contribution in [0, 0.1) is 5.92 Å². The van der Waals surface area contributed by atoms with Gasteiger partial charge >= 0.3 is 0 Å². The molecule has 0 aliphatic carbocycles. The minimum Gasteiger partial charge on any atom is -0.468 e. The van der Waals surface area contributed by atoms with Crippen molar-refractivity contribution in [3.63, 3.8) is 0 Å². The number of nitrogens with one attached hydrogen (secondary N) is 1. The lowest BCUT2D eigenvalue weighted by Gasteiger charge is -2.31. The minimum atomic E-state index is 0.108. The molecule has 1 amide bonds. The predicted octanol–water partition coefficient (Wildman–Crippen LogP) is 1.33. The van der Waals surface area contributed by atoms with Gasteiger partial charge in [-0.25, -0.2) is 0 Å². The second-order valence-corrected chi connectivity index (χ2v) is 6.75. The number of likely N-dealkylation sites (tertiary alicyclic amines) is 1. The van der Waals surface area contributed by atoms with Gasteiger partial charge in [0.05, 0.1) is 31.9 Å². The van der Waals surface area contributed by atoms with Crippen molar-refractivity contribution < 1.29 is 13.9 Å². The van der Waals surface area contributed by atoms with E-state index in [1.807, 2.05) is 12.1 Å². The lowest BCUT2D eigenvalue weighted by Crippen LogP contribution is -2.43. The molecule has 2 saturated heterocycles. The number of hydrogen-bond donors (Lipinski definition) is 1. The van der Waals surface area contributed by atoms with Crippen LogP contribution in [0.5, 0.6) is 0 Å². The largest absolute Gasteiger partial charge is 0.468 e. The summed E-state index contributed by atoms with van der Waals surface area (Å²) in [5.74, 6) is 1.29. The third kappa shape index (κ3) is 5.33. The molecule has 3 rings (SSSR count). The number of amides is 1. The monoisotopic (exact) mass is 335 g/mol. The fourth-order valence-corrected chi connectivity index (χ4v) is 3.52. The van der Waals surface area contributed by atoms with Gasteiger partial charge in [0.1, 0.15) is 5.76 Å². The zero-order chi connectivity index (χ0) is 16.6. The lowest BCUT2D eigenvalue weighted by atomic mass is 9.97. The van der Waals surface area contributed by atoms with E-state index in [4.69, 9.17) is 9.15 Å². The van der Waals surface area contributed by atoms with Gasteiger partial charge in [-0.15, -0.1) is 0 Å². The van der Waals surface area contributed by atoms with Crippen LogP contribution in [-0.4, -0.2) is 68.2 Å². The summed E-state index contributed by atoms with van der Waals surface area (Å²) < 4.78 is 10.8. The van der Waals surface area contributed by atoms with Crippen molar-refractivity contribution in [2.75, 3.05) is 52.5 Å². The van der Waals surface area contributed by atoms with E-state index in [9.17, 15) is 4.79 Å². The topological polar surface area (TPSA) is 58.0 Å². The van der Waals surface area contributed by atoms with E-state index in [1.165, 1.54) is 0 Å². The normalized spacial score (nSPS) is 23.2. The molecule has 0 unspecified atom stereocenters. The molecule has 0 aromatic carbocycles. The molecule has 134 valence electrons. The van der Waals surface area contributed by atoms with Gasteiger partial charge in [0.2, 0.25) is 5.91 Å². The summed E-state index contributed by atoms with van der Waals surface area (Å²) in [5.41, 5.74) is 0. The first-order valence-electron chi connectivity index (χ1n) is 9.14. The first-order chi connectivity index (χ1) is 11.8. The van der Waals surface area contributed by atoms with Gasteiger partial charge in [-0.05, 0) is 44.5 Å². The Labute approximate surface area is 144 Å². The molecule has 1 atom stereocenters. The molecule has 0 spiro atoms. The smallest absolute Gasteiger partial charge is 0.224 e. The molecular formula is C18H29N3O3. The zero-order valence-corrected chi connectivity index (χ0v) is 14.4. The average Bonchev–Trinajstić information content (AvgIpc) is 3.13. The second-order valence-electron chi connectivity index (χ2n) is 6.75. The quantitative estimate of drug-likeness (QED) is 0.762. The van der Waals surface area contributed by atoms with Crippen molar-refractivity contribution in [3.05, 3.63) is 24.2 Å². The number of morpholine rings is 1. The van der Waals surface area contributed by atoms with Gasteiger partial charge in [-0.1, -0.05) is 0 Å². The number of piperidine rings is 1. The van der Waals surface area contributed by atoms with Gasteiger partial charge in [-0.3, -0.25) is 14.6 Å². The molecule has 2 fully saturated rings. The van der Waals surface area contributed by atoms with E-state index >= 15 is 0 Å². The Morgan fingerprint density at radius 2 is 2.12 bits per heavy atom. The number of furan rings is 1. The third-order valence-electron chi connectivity index (χ3n) is 4.89. The fraction of sp³-hybridized carbons (Fsp3) is 0.722. The van der Waals surface area contributed by atoms with Crippen LogP contribution in [0.4, 0.5) is 0 Å². The molecule has 2 aliphatic heterocycles. The van der Waals surface area contributed by atoms with Gasteiger partial charge in [-0.2, -0.15) is 0 Å². The first kappa shape index (κ1) is 17.5. The maximum atomic E-state index is 12.4.